The van der Waals surface area contributed by atoms with E-state index in [4.69, 9.17) is 0 Å². The van der Waals surface area contributed by atoms with Crippen molar-refractivity contribution < 1.29 is 0 Å². The summed E-state index contributed by atoms with van der Waals surface area (Å²) in [6, 6.07) is 63.4. The van der Waals surface area contributed by atoms with Crippen molar-refractivity contribution in [3.05, 3.63) is 176 Å². The van der Waals surface area contributed by atoms with Crippen molar-refractivity contribution in [1.29, 1.82) is 0 Å². The van der Waals surface area contributed by atoms with Crippen molar-refractivity contribution in [2.75, 3.05) is 4.90 Å². The molecule has 0 amide bonds. The summed E-state index contributed by atoms with van der Waals surface area (Å²) >= 11 is 0. The van der Waals surface area contributed by atoms with Crippen LogP contribution in [0.25, 0.3) is 54.6 Å². The molecule has 0 aromatic heterocycles. The third-order valence-electron chi connectivity index (χ3n) is 8.43. The van der Waals surface area contributed by atoms with Gasteiger partial charge in [-0.2, -0.15) is 0 Å². The van der Waals surface area contributed by atoms with E-state index in [1.54, 1.807) is 0 Å². The van der Waals surface area contributed by atoms with E-state index in [-0.39, 0.29) is 0 Å². The SMILES string of the molecule is c1ccc(-c2ccc(N(c3ccccc3)c3ccc(-c4ccc5c(ccc6ccc7ccccc7c65)c4)cc3)cc2)cc1. The van der Waals surface area contributed by atoms with Crippen LogP contribution in [0.3, 0.4) is 0 Å². The minimum absolute atomic E-state index is 1.13. The first-order chi connectivity index (χ1) is 21.3. The molecule has 0 bridgehead atoms. The van der Waals surface area contributed by atoms with E-state index in [9.17, 15) is 0 Å². The first-order valence-corrected chi connectivity index (χ1v) is 14.8. The van der Waals surface area contributed by atoms with Gasteiger partial charge in [0.25, 0.3) is 0 Å². The molecule has 0 aliphatic carbocycles. The van der Waals surface area contributed by atoms with E-state index in [0.717, 1.165) is 17.1 Å². The Hall–Kier alpha value is -5.66. The fraction of sp³-hybridized carbons (Fsp3) is 0. The van der Waals surface area contributed by atoms with Gasteiger partial charge in [-0.15, -0.1) is 0 Å². The second-order valence-corrected chi connectivity index (χ2v) is 11.0. The Morgan fingerprint density at radius 3 is 1.44 bits per heavy atom. The number of hydrogen-bond donors (Lipinski definition) is 0. The van der Waals surface area contributed by atoms with Gasteiger partial charge in [-0.05, 0) is 97.0 Å². The standard InChI is InChI=1S/C42H29N/c1-3-9-30(10-4-1)31-19-24-38(25-20-31)43(37-12-5-2-6-13-37)39-26-21-32(22-27-39)35-23-28-41-36(29-35)18-17-34-16-15-33-11-7-8-14-40(33)42(34)41/h1-29H. The maximum atomic E-state index is 2.32. The van der Waals surface area contributed by atoms with Gasteiger partial charge in [-0.3, -0.25) is 0 Å². The fourth-order valence-electron chi connectivity index (χ4n) is 6.28. The molecule has 0 unspecified atom stereocenters. The smallest absolute Gasteiger partial charge is 0.0462 e. The number of benzene rings is 8. The number of rotatable bonds is 5. The largest absolute Gasteiger partial charge is 0.311 e. The van der Waals surface area contributed by atoms with Gasteiger partial charge < -0.3 is 4.90 Å². The van der Waals surface area contributed by atoms with Crippen molar-refractivity contribution >= 4 is 49.4 Å². The Bertz CT molecular complexity index is 2200. The number of anilines is 3. The molecule has 0 fully saturated rings. The summed E-state index contributed by atoms with van der Waals surface area (Å²) in [6.07, 6.45) is 0. The maximum Gasteiger partial charge on any atom is 0.0462 e. The average Bonchev–Trinajstić information content (AvgIpc) is 3.09. The molecule has 8 aromatic rings. The predicted molar refractivity (Wildman–Crippen MR) is 185 cm³/mol. The zero-order valence-electron chi connectivity index (χ0n) is 23.7. The van der Waals surface area contributed by atoms with Crippen LogP contribution in [-0.4, -0.2) is 0 Å². The summed E-state index contributed by atoms with van der Waals surface area (Å²) in [4.78, 5) is 2.32. The van der Waals surface area contributed by atoms with Crippen molar-refractivity contribution in [2.24, 2.45) is 0 Å². The molecule has 0 aliphatic rings. The first kappa shape index (κ1) is 25.1. The molecule has 0 radical (unpaired) electrons. The Morgan fingerprint density at radius 2 is 0.744 bits per heavy atom. The second kappa shape index (κ2) is 10.6. The normalized spacial score (nSPS) is 11.3. The molecule has 0 aliphatic heterocycles. The number of nitrogens with zero attached hydrogens (tertiary/aromatic N) is 1. The monoisotopic (exact) mass is 547 g/mol. The summed E-state index contributed by atoms with van der Waals surface area (Å²) in [5.41, 5.74) is 8.25. The van der Waals surface area contributed by atoms with E-state index in [1.807, 2.05) is 0 Å². The van der Waals surface area contributed by atoms with Crippen LogP contribution in [0.5, 0.6) is 0 Å². The van der Waals surface area contributed by atoms with Crippen LogP contribution in [0.1, 0.15) is 0 Å². The zero-order valence-corrected chi connectivity index (χ0v) is 23.7. The van der Waals surface area contributed by atoms with Crippen molar-refractivity contribution in [3.63, 3.8) is 0 Å². The van der Waals surface area contributed by atoms with Gasteiger partial charge in [0.2, 0.25) is 0 Å². The van der Waals surface area contributed by atoms with Crippen molar-refractivity contribution in [1.82, 2.24) is 0 Å². The molecular formula is C42H29N. The highest BCUT2D eigenvalue weighted by atomic mass is 15.1. The average molecular weight is 548 g/mol. The highest BCUT2D eigenvalue weighted by Gasteiger charge is 2.13. The van der Waals surface area contributed by atoms with E-state index >= 15 is 0 Å². The number of hydrogen-bond acceptors (Lipinski definition) is 1. The van der Waals surface area contributed by atoms with Crippen LogP contribution in [-0.2, 0) is 0 Å². The molecule has 0 N–H and O–H groups in total. The highest BCUT2D eigenvalue weighted by Crippen LogP contribution is 2.38. The summed E-state index contributed by atoms with van der Waals surface area (Å²) in [5.74, 6) is 0. The first-order valence-electron chi connectivity index (χ1n) is 14.8. The van der Waals surface area contributed by atoms with Gasteiger partial charge in [0.1, 0.15) is 0 Å². The second-order valence-electron chi connectivity index (χ2n) is 11.0. The highest BCUT2D eigenvalue weighted by molar-refractivity contribution is 6.20. The van der Waals surface area contributed by atoms with Crippen LogP contribution < -0.4 is 4.90 Å². The van der Waals surface area contributed by atoms with Gasteiger partial charge in [0.05, 0.1) is 0 Å². The molecule has 0 atom stereocenters. The fourth-order valence-corrected chi connectivity index (χ4v) is 6.28. The number of fused-ring (bicyclic) bond motifs is 5. The predicted octanol–water partition coefficient (Wildman–Crippen LogP) is 11.9. The lowest BCUT2D eigenvalue weighted by Crippen LogP contribution is -2.09. The zero-order chi connectivity index (χ0) is 28.6. The van der Waals surface area contributed by atoms with E-state index in [0.29, 0.717) is 0 Å². The van der Waals surface area contributed by atoms with Crippen LogP contribution in [0, 0.1) is 0 Å². The summed E-state index contributed by atoms with van der Waals surface area (Å²) in [7, 11) is 0. The molecule has 43 heavy (non-hydrogen) atoms. The third-order valence-corrected chi connectivity index (χ3v) is 8.43. The molecule has 0 heterocycles. The minimum Gasteiger partial charge on any atom is -0.311 e. The molecule has 8 aromatic carbocycles. The molecule has 1 nitrogen and oxygen atoms in total. The molecular weight excluding hydrogens is 518 g/mol. The van der Waals surface area contributed by atoms with Gasteiger partial charge in [0.15, 0.2) is 0 Å². The molecule has 8 rings (SSSR count). The quantitative estimate of drug-likeness (QED) is 0.194. The number of para-hydroxylation sites is 1. The van der Waals surface area contributed by atoms with Gasteiger partial charge >= 0.3 is 0 Å². The Balaban J connectivity index is 1.17. The van der Waals surface area contributed by atoms with Crippen LogP contribution in [0.4, 0.5) is 17.1 Å². The Labute approximate surface area is 251 Å². The lowest BCUT2D eigenvalue weighted by molar-refractivity contribution is 1.28. The van der Waals surface area contributed by atoms with E-state index < -0.39 is 0 Å². The summed E-state index contributed by atoms with van der Waals surface area (Å²) in [5, 5.41) is 7.74. The molecule has 1 heteroatoms. The van der Waals surface area contributed by atoms with Crippen LogP contribution >= 0.6 is 0 Å². The minimum atomic E-state index is 1.13. The van der Waals surface area contributed by atoms with Gasteiger partial charge in [-0.1, -0.05) is 133 Å². The molecule has 0 saturated carbocycles. The Kier molecular flexibility index (Phi) is 6.20. The molecule has 0 saturated heterocycles. The van der Waals surface area contributed by atoms with Crippen LogP contribution in [0.15, 0.2) is 176 Å². The molecule has 202 valence electrons. The van der Waals surface area contributed by atoms with E-state index in [1.165, 1.54) is 54.6 Å². The van der Waals surface area contributed by atoms with Gasteiger partial charge in [0, 0.05) is 17.1 Å². The van der Waals surface area contributed by atoms with Gasteiger partial charge in [-0.25, -0.2) is 0 Å². The molecule has 0 spiro atoms. The summed E-state index contributed by atoms with van der Waals surface area (Å²) in [6.45, 7) is 0. The maximum absolute atomic E-state index is 2.32. The lowest BCUT2D eigenvalue weighted by atomic mass is 9.94. The third kappa shape index (κ3) is 4.62. The van der Waals surface area contributed by atoms with Crippen LogP contribution in [0.2, 0.25) is 0 Å². The van der Waals surface area contributed by atoms with E-state index in [2.05, 4.69) is 181 Å². The topological polar surface area (TPSA) is 3.24 Å². The van der Waals surface area contributed by atoms with Crippen molar-refractivity contribution in [3.8, 4) is 22.3 Å². The van der Waals surface area contributed by atoms with Crippen molar-refractivity contribution in [2.45, 2.75) is 0 Å². The Morgan fingerprint density at radius 1 is 0.279 bits per heavy atom. The lowest BCUT2D eigenvalue weighted by Gasteiger charge is -2.26. The summed E-state index contributed by atoms with van der Waals surface area (Å²) < 4.78 is 0.